The van der Waals surface area contributed by atoms with E-state index in [-0.39, 0.29) is 16.4 Å². The Hall–Kier alpha value is -3.25. The summed E-state index contributed by atoms with van der Waals surface area (Å²) in [6.07, 6.45) is 0. The molecular formula is C21H18N2O3S. The van der Waals surface area contributed by atoms with Crippen LogP contribution in [0, 0.1) is 6.92 Å². The molecule has 1 N–H and O–H groups in total. The molecule has 3 rings (SSSR count). The quantitative estimate of drug-likeness (QED) is 0.405. The van der Waals surface area contributed by atoms with Crippen molar-refractivity contribution in [3.8, 4) is 0 Å². The molecule has 0 spiro atoms. The normalized spacial score (nSPS) is 11.8. The standard InChI is InChI=1S/C21H18N2O3S/c1-16-12-14-19(15-13-16)27(25,26)23-22-20(17-8-4-2-5-9-17)21(24)18-10-6-3-7-11-18/h2-15,23H,1H3. The van der Waals surface area contributed by atoms with Crippen LogP contribution in [0.4, 0.5) is 0 Å². The zero-order valence-electron chi connectivity index (χ0n) is 14.7. The van der Waals surface area contributed by atoms with E-state index in [0.29, 0.717) is 11.1 Å². The number of Topliss-reactive ketones (excluding diaryl/α,β-unsaturated/α-hetero) is 1. The van der Waals surface area contributed by atoms with Gasteiger partial charge < -0.3 is 0 Å². The van der Waals surface area contributed by atoms with E-state index in [0.717, 1.165) is 5.56 Å². The molecule has 0 saturated heterocycles. The molecule has 0 saturated carbocycles. The lowest BCUT2D eigenvalue weighted by atomic mass is 10.0. The van der Waals surface area contributed by atoms with Crippen molar-refractivity contribution in [2.75, 3.05) is 0 Å². The first kappa shape index (κ1) is 18.5. The fourth-order valence-corrected chi connectivity index (χ4v) is 3.26. The van der Waals surface area contributed by atoms with E-state index in [4.69, 9.17) is 0 Å². The molecule has 136 valence electrons. The van der Waals surface area contributed by atoms with Crippen LogP contribution in [0.15, 0.2) is 94.9 Å². The highest BCUT2D eigenvalue weighted by Gasteiger charge is 2.19. The minimum atomic E-state index is -3.89. The molecule has 27 heavy (non-hydrogen) atoms. The summed E-state index contributed by atoms with van der Waals surface area (Å²) < 4.78 is 25.0. The van der Waals surface area contributed by atoms with E-state index >= 15 is 0 Å². The molecule has 5 nitrogen and oxygen atoms in total. The van der Waals surface area contributed by atoms with Gasteiger partial charge in [-0.2, -0.15) is 18.4 Å². The van der Waals surface area contributed by atoms with Gasteiger partial charge in [-0.1, -0.05) is 78.4 Å². The second-order valence-corrected chi connectivity index (χ2v) is 7.59. The van der Waals surface area contributed by atoms with Gasteiger partial charge >= 0.3 is 0 Å². The van der Waals surface area contributed by atoms with E-state index in [1.165, 1.54) is 12.1 Å². The van der Waals surface area contributed by atoms with Gasteiger partial charge in [0.2, 0.25) is 5.78 Å². The Kier molecular flexibility index (Phi) is 5.47. The van der Waals surface area contributed by atoms with Crippen LogP contribution >= 0.6 is 0 Å². The third kappa shape index (κ3) is 4.48. The third-order valence-corrected chi connectivity index (χ3v) is 5.13. The SMILES string of the molecule is Cc1ccc(S(=O)(=O)NN=C(C(=O)c2ccccc2)c2ccccc2)cc1. The topological polar surface area (TPSA) is 75.6 Å². The zero-order valence-corrected chi connectivity index (χ0v) is 15.5. The Bertz CT molecular complexity index is 1060. The third-order valence-electron chi connectivity index (χ3n) is 3.91. The Morgan fingerprint density at radius 1 is 0.778 bits per heavy atom. The number of hydrazone groups is 1. The molecule has 0 atom stereocenters. The van der Waals surface area contributed by atoms with Gasteiger partial charge in [0, 0.05) is 11.1 Å². The maximum absolute atomic E-state index is 12.9. The minimum Gasteiger partial charge on any atom is -0.287 e. The zero-order chi connectivity index (χ0) is 19.3. The highest BCUT2D eigenvalue weighted by atomic mass is 32.2. The van der Waals surface area contributed by atoms with Gasteiger partial charge in [-0.25, -0.2) is 0 Å². The van der Waals surface area contributed by atoms with E-state index in [2.05, 4.69) is 9.93 Å². The van der Waals surface area contributed by atoms with Crippen LogP contribution in [0.5, 0.6) is 0 Å². The van der Waals surface area contributed by atoms with Crippen LogP contribution in [-0.4, -0.2) is 19.9 Å². The summed E-state index contributed by atoms with van der Waals surface area (Å²) in [5, 5.41) is 3.97. The van der Waals surface area contributed by atoms with E-state index in [1.54, 1.807) is 66.7 Å². The summed E-state index contributed by atoms with van der Waals surface area (Å²) in [4.78, 5) is 15.1. The van der Waals surface area contributed by atoms with Crippen molar-refractivity contribution in [1.29, 1.82) is 0 Å². The van der Waals surface area contributed by atoms with Crippen molar-refractivity contribution in [3.63, 3.8) is 0 Å². The lowest BCUT2D eigenvalue weighted by molar-refractivity contribution is 0.106. The number of carbonyl (C=O) groups is 1. The number of aryl methyl sites for hydroxylation is 1. The predicted molar refractivity (Wildman–Crippen MR) is 105 cm³/mol. The first-order valence-corrected chi connectivity index (χ1v) is 9.77. The van der Waals surface area contributed by atoms with Gasteiger partial charge in [-0.05, 0) is 19.1 Å². The average Bonchev–Trinajstić information content (AvgIpc) is 2.70. The molecule has 0 aliphatic rings. The first-order chi connectivity index (χ1) is 13.0. The van der Waals surface area contributed by atoms with Crippen molar-refractivity contribution in [2.24, 2.45) is 5.10 Å². The molecule has 0 fully saturated rings. The first-order valence-electron chi connectivity index (χ1n) is 8.29. The average molecular weight is 378 g/mol. The number of carbonyl (C=O) groups excluding carboxylic acids is 1. The van der Waals surface area contributed by atoms with E-state index < -0.39 is 10.0 Å². The number of sulfonamides is 1. The van der Waals surface area contributed by atoms with Crippen LogP contribution < -0.4 is 4.83 Å². The molecule has 0 aromatic heterocycles. The van der Waals surface area contributed by atoms with Crippen molar-refractivity contribution in [2.45, 2.75) is 11.8 Å². The number of nitrogens with zero attached hydrogens (tertiary/aromatic N) is 1. The summed E-state index contributed by atoms with van der Waals surface area (Å²) in [7, 11) is -3.89. The lowest BCUT2D eigenvalue weighted by Crippen LogP contribution is -2.24. The van der Waals surface area contributed by atoms with Gasteiger partial charge in [0.1, 0.15) is 5.71 Å². The van der Waals surface area contributed by atoms with E-state index in [1.807, 2.05) is 13.0 Å². The molecule has 3 aromatic rings. The highest BCUT2D eigenvalue weighted by Crippen LogP contribution is 2.12. The molecule has 0 bridgehead atoms. The number of hydrogen-bond donors (Lipinski definition) is 1. The highest BCUT2D eigenvalue weighted by molar-refractivity contribution is 7.89. The molecular weight excluding hydrogens is 360 g/mol. The van der Waals surface area contributed by atoms with Gasteiger partial charge in [0.15, 0.2) is 0 Å². The minimum absolute atomic E-state index is 0.0255. The van der Waals surface area contributed by atoms with Crippen LogP contribution in [0.3, 0.4) is 0 Å². The Balaban J connectivity index is 1.98. The summed E-state index contributed by atoms with van der Waals surface area (Å²) in [6, 6.07) is 23.7. The number of ketones is 1. The molecule has 6 heteroatoms. The van der Waals surface area contributed by atoms with Gasteiger partial charge in [0.05, 0.1) is 4.90 Å². The van der Waals surface area contributed by atoms with E-state index in [9.17, 15) is 13.2 Å². The molecule has 0 unspecified atom stereocenters. The van der Waals surface area contributed by atoms with Crippen molar-refractivity contribution in [3.05, 3.63) is 102 Å². The van der Waals surface area contributed by atoms with Crippen LogP contribution in [0.1, 0.15) is 21.5 Å². The summed E-state index contributed by atoms with van der Waals surface area (Å²) in [5.41, 5.74) is 1.92. The Morgan fingerprint density at radius 2 is 1.30 bits per heavy atom. The monoisotopic (exact) mass is 378 g/mol. The molecule has 3 aromatic carbocycles. The maximum atomic E-state index is 12.9. The second kappa shape index (κ2) is 7.97. The van der Waals surface area contributed by atoms with Gasteiger partial charge in [-0.15, -0.1) is 0 Å². The van der Waals surface area contributed by atoms with Crippen LogP contribution in [-0.2, 0) is 10.0 Å². The van der Waals surface area contributed by atoms with Gasteiger partial charge in [0.25, 0.3) is 10.0 Å². The van der Waals surface area contributed by atoms with Gasteiger partial charge in [-0.3, -0.25) is 4.79 Å². The fraction of sp³-hybridized carbons (Fsp3) is 0.0476. The number of nitrogens with one attached hydrogen (secondary N) is 1. The number of rotatable bonds is 6. The lowest BCUT2D eigenvalue weighted by Gasteiger charge is -2.08. The fourth-order valence-electron chi connectivity index (χ4n) is 2.44. The molecule has 0 aliphatic heterocycles. The van der Waals surface area contributed by atoms with Crippen LogP contribution in [0.2, 0.25) is 0 Å². The smallest absolute Gasteiger partial charge is 0.276 e. The molecule has 0 radical (unpaired) electrons. The van der Waals surface area contributed by atoms with Crippen LogP contribution in [0.25, 0.3) is 0 Å². The summed E-state index contributed by atoms with van der Waals surface area (Å²) >= 11 is 0. The number of benzene rings is 3. The number of hydrogen-bond acceptors (Lipinski definition) is 4. The molecule has 0 heterocycles. The van der Waals surface area contributed by atoms with Crippen molar-refractivity contribution in [1.82, 2.24) is 4.83 Å². The predicted octanol–water partition coefficient (Wildman–Crippen LogP) is 3.56. The summed E-state index contributed by atoms with van der Waals surface area (Å²) in [6.45, 7) is 1.87. The maximum Gasteiger partial charge on any atom is 0.276 e. The molecule has 0 aliphatic carbocycles. The van der Waals surface area contributed by atoms with Crippen molar-refractivity contribution < 1.29 is 13.2 Å². The molecule has 0 amide bonds. The summed E-state index contributed by atoms with van der Waals surface area (Å²) in [5.74, 6) is -0.367. The van der Waals surface area contributed by atoms with Crippen molar-refractivity contribution >= 4 is 21.5 Å². The Labute approximate surface area is 158 Å². The largest absolute Gasteiger partial charge is 0.287 e. The Morgan fingerprint density at radius 3 is 1.85 bits per heavy atom. The second-order valence-electron chi connectivity index (χ2n) is 5.93.